The number of carbonyl (C=O) groups is 1. The predicted octanol–water partition coefficient (Wildman–Crippen LogP) is 3.47. The standard InChI is InChI=1S/C19H15N3O4/c23-19(21-20-13-16-11-12-17(26-16)22(24)25)18(14-7-3-1-4-8-14)15-9-5-2-6-10-15/h1-13,18H,(H,21,23)/b20-13-. The van der Waals surface area contributed by atoms with Gasteiger partial charge in [-0.2, -0.15) is 5.10 Å². The second-order valence-corrected chi connectivity index (χ2v) is 5.42. The first kappa shape index (κ1) is 17.1. The van der Waals surface area contributed by atoms with Crippen LogP contribution in [0, 0.1) is 10.1 Å². The van der Waals surface area contributed by atoms with Crippen molar-refractivity contribution in [1.29, 1.82) is 0 Å². The van der Waals surface area contributed by atoms with Gasteiger partial charge in [0.05, 0.1) is 18.2 Å². The van der Waals surface area contributed by atoms with Gasteiger partial charge in [0.1, 0.15) is 4.92 Å². The summed E-state index contributed by atoms with van der Waals surface area (Å²) >= 11 is 0. The average molecular weight is 349 g/mol. The Kier molecular flexibility index (Phi) is 5.19. The van der Waals surface area contributed by atoms with Gasteiger partial charge in [-0.05, 0) is 17.2 Å². The summed E-state index contributed by atoms with van der Waals surface area (Å²) in [7, 11) is 0. The van der Waals surface area contributed by atoms with E-state index in [1.165, 1.54) is 18.3 Å². The van der Waals surface area contributed by atoms with Crippen molar-refractivity contribution in [3.05, 3.63) is 99.8 Å². The molecule has 0 atom stereocenters. The van der Waals surface area contributed by atoms with E-state index in [4.69, 9.17) is 4.42 Å². The van der Waals surface area contributed by atoms with Crippen molar-refractivity contribution < 1.29 is 14.1 Å². The largest absolute Gasteiger partial charge is 0.433 e. The highest BCUT2D eigenvalue weighted by molar-refractivity contribution is 5.88. The Bertz CT molecular complexity index is 881. The molecule has 1 aromatic heterocycles. The smallest absolute Gasteiger partial charge is 0.400 e. The molecule has 130 valence electrons. The molecule has 0 radical (unpaired) electrons. The molecular formula is C19H15N3O4. The van der Waals surface area contributed by atoms with Gasteiger partial charge in [-0.15, -0.1) is 0 Å². The fourth-order valence-electron chi connectivity index (χ4n) is 2.52. The van der Waals surface area contributed by atoms with Crippen LogP contribution in [0.4, 0.5) is 5.88 Å². The molecule has 0 aliphatic carbocycles. The third kappa shape index (κ3) is 4.02. The van der Waals surface area contributed by atoms with E-state index in [-0.39, 0.29) is 17.6 Å². The number of rotatable bonds is 6. The van der Waals surface area contributed by atoms with Crippen LogP contribution < -0.4 is 5.43 Å². The number of furan rings is 1. The number of carbonyl (C=O) groups excluding carboxylic acids is 1. The number of nitrogens with one attached hydrogen (secondary N) is 1. The molecule has 3 rings (SSSR count). The molecule has 0 aliphatic rings. The van der Waals surface area contributed by atoms with Gasteiger partial charge in [0, 0.05) is 0 Å². The lowest BCUT2D eigenvalue weighted by Gasteiger charge is -2.16. The van der Waals surface area contributed by atoms with Crippen molar-refractivity contribution in [3.63, 3.8) is 0 Å². The van der Waals surface area contributed by atoms with Crippen LogP contribution in [0.25, 0.3) is 0 Å². The normalized spacial score (nSPS) is 11.0. The van der Waals surface area contributed by atoms with E-state index in [2.05, 4.69) is 10.5 Å². The highest BCUT2D eigenvalue weighted by atomic mass is 16.6. The second kappa shape index (κ2) is 7.89. The monoisotopic (exact) mass is 349 g/mol. The van der Waals surface area contributed by atoms with Gasteiger partial charge in [0.2, 0.25) is 0 Å². The highest BCUT2D eigenvalue weighted by Gasteiger charge is 2.22. The SMILES string of the molecule is O=C(N/N=C\c1ccc([N+](=O)[O-])o1)C(c1ccccc1)c1ccccc1. The number of amides is 1. The second-order valence-electron chi connectivity index (χ2n) is 5.42. The number of hydrogen-bond donors (Lipinski definition) is 1. The van der Waals surface area contributed by atoms with Crippen LogP contribution in [0.1, 0.15) is 22.8 Å². The van der Waals surface area contributed by atoms with Crippen LogP contribution in [0.3, 0.4) is 0 Å². The van der Waals surface area contributed by atoms with Crippen LogP contribution in [0.5, 0.6) is 0 Å². The third-order valence-corrected chi connectivity index (χ3v) is 3.69. The summed E-state index contributed by atoms with van der Waals surface area (Å²) in [4.78, 5) is 22.6. The fraction of sp³-hybridized carbons (Fsp3) is 0.0526. The Labute approximate surface area is 149 Å². The minimum Gasteiger partial charge on any atom is -0.400 e. The number of hydrazone groups is 1. The molecule has 0 bridgehead atoms. The predicted molar refractivity (Wildman–Crippen MR) is 95.8 cm³/mol. The number of benzene rings is 2. The molecule has 0 saturated carbocycles. The summed E-state index contributed by atoms with van der Waals surface area (Å²) in [5.74, 6) is -1.06. The van der Waals surface area contributed by atoms with Crippen molar-refractivity contribution in [2.24, 2.45) is 5.10 Å². The number of nitro groups is 1. The van der Waals surface area contributed by atoms with Crippen LogP contribution in [0.15, 0.2) is 82.3 Å². The zero-order chi connectivity index (χ0) is 18.4. The van der Waals surface area contributed by atoms with E-state index in [9.17, 15) is 14.9 Å². The van der Waals surface area contributed by atoms with Gasteiger partial charge < -0.3 is 4.42 Å². The molecule has 1 amide bonds. The fourth-order valence-corrected chi connectivity index (χ4v) is 2.52. The molecule has 1 N–H and O–H groups in total. The Hall–Kier alpha value is -3.74. The molecule has 0 unspecified atom stereocenters. The lowest BCUT2D eigenvalue weighted by Crippen LogP contribution is -2.26. The van der Waals surface area contributed by atoms with Crippen molar-refractivity contribution in [2.75, 3.05) is 0 Å². The number of nitrogens with zero attached hydrogens (tertiary/aromatic N) is 2. The summed E-state index contributed by atoms with van der Waals surface area (Å²) in [6.07, 6.45) is 1.22. The van der Waals surface area contributed by atoms with Crippen LogP contribution in [0.2, 0.25) is 0 Å². The molecule has 1 heterocycles. The molecule has 0 saturated heterocycles. The lowest BCUT2D eigenvalue weighted by molar-refractivity contribution is -0.402. The van der Waals surface area contributed by atoms with Crippen molar-refractivity contribution in [1.82, 2.24) is 5.43 Å². The first-order valence-corrected chi connectivity index (χ1v) is 7.82. The Morgan fingerprint density at radius 3 is 2.08 bits per heavy atom. The van der Waals surface area contributed by atoms with Gasteiger partial charge in [0.25, 0.3) is 5.91 Å². The quantitative estimate of drug-likeness (QED) is 0.418. The maximum absolute atomic E-state index is 12.7. The maximum Gasteiger partial charge on any atom is 0.433 e. The van der Waals surface area contributed by atoms with E-state index in [1.807, 2.05) is 60.7 Å². The Morgan fingerprint density at radius 1 is 1.00 bits per heavy atom. The summed E-state index contributed by atoms with van der Waals surface area (Å²) in [6, 6.07) is 21.3. The minimum absolute atomic E-state index is 0.174. The van der Waals surface area contributed by atoms with Gasteiger partial charge in [-0.1, -0.05) is 60.7 Å². The molecular weight excluding hydrogens is 334 g/mol. The van der Waals surface area contributed by atoms with Crippen molar-refractivity contribution in [3.8, 4) is 0 Å². The maximum atomic E-state index is 12.7. The molecule has 7 heteroatoms. The van der Waals surface area contributed by atoms with E-state index in [0.29, 0.717) is 0 Å². The zero-order valence-electron chi connectivity index (χ0n) is 13.6. The molecule has 2 aromatic carbocycles. The molecule has 0 fully saturated rings. The summed E-state index contributed by atoms with van der Waals surface area (Å²) in [6.45, 7) is 0. The van der Waals surface area contributed by atoms with Gasteiger partial charge in [0.15, 0.2) is 5.76 Å². The minimum atomic E-state index is -0.642. The van der Waals surface area contributed by atoms with Crippen molar-refractivity contribution >= 4 is 18.0 Å². The Morgan fingerprint density at radius 2 is 1.58 bits per heavy atom. The summed E-state index contributed by atoms with van der Waals surface area (Å²) in [5, 5.41) is 14.4. The van der Waals surface area contributed by atoms with Gasteiger partial charge in [-0.3, -0.25) is 14.9 Å². The molecule has 0 aliphatic heterocycles. The molecule has 26 heavy (non-hydrogen) atoms. The summed E-state index contributed by atoms with van der Waals surface area (Å²) in [5.41, 5.74) is 4.13. The molecule has 0 spiro atoms. The van der Waals surface area contributed by atoms with Crippen LogP contribution in [-0.2, 0) is 4.79 Å². The van der Waals surface area contributed by atoms with E-state index < -0.39 is 10.8 Å². The lowest BCUT2D eigenvalue weighted by atomic mass is 9.91. The zero-order valence-corrected chi connectivity index (χ0v) is 13.6. The van der Waals surface area contributed by atoms with Crippen LogP contribution >= 0.6 is 0 Å². The van der Waals surface area contributed by atoms with E-state index in [0.717, 1.165) is 11.1 Å². The van der Waals surface area contributed by atoms with Crippen LogP contribution in [-0.4, -0.2) is 17.0 Å². The highest BCUT2D eigenvalue weighted by Crippen LogP contribution is 2.24. The first-order chi connectivity index (χ1) is 12.6. The topological polar surface area (TPSA) is 97.7 Å². The molecule has 3 aromatic rings. The number of hydrogen-bond acceptors (Lipinski definition) is 5. The molecule has 7 nitrogen and oxygen atoms in total. The van der Waals surface area contributed by atoms with E-state index >= 15 is 0 Å². The summed E-state index contributed by atoms with van der Waals surface area (Å²) < 4.78 is 4.96. The van der Waals surface area contributed by atoms with Gasteiger partial charge in [-0.25, -0.2) is 5.43 Å². The average Bonchev–Trinajstić information content (AvgIpc) is 3.13. The first-order valence-electron chi connectivity index (χ1n) is 7.82. The van der Waals surface area contributed by atoms with Crippen molar-refractivity contribution in [2.45, 2.75) is 5.92 Å². The van der Waals surface area contributed by atoms with E-state index in [1.54, 1.807) is 0 Å². The Balaban J connectivity index is 1.77. The third-order valence-electron chi connectivity index (χ3n) is 3.69. The van der Waals surface area contributed by atoms with Gasteiger partial charge >= 0.3 is 5.88 Å².